The summed E-state index contributed by atoms with van der Waals surface area (Å²) in [6.45, 7) is 11.4. The van der Waals surface area contributed by atoms with Crippen molar-refractivity contribution in [3.8, 4) is 5.75 Å². The van der Waals surface area contributed by atoms with Gasteiger partial charge >= 0.3 is 0 Å². The first-order chi connectivity index (χ1) is 12.6. The molecule has 5 heteroatoms. The molecule has 2 amide bonds. The summed E-state index contributed by atoms with van der Waals surface area (Å²) in [6.07, 6.45) is -0.704. The molecule has 0 fully saturated rings. The van der Waals surface area contributed by atoms with E-state index in [-0.39, 0.29) is 17.4 Å². The number of ether oxygens (including phenoxy) is 1. The zero-order valence-electron chi connectivity index (χ0n) is 16.8. The number of anilines is 1. The van der Waals surface area contributed by atoms with E-state index in [1.807, 2.05) is 52.8 Å². The first-order valence-electron chi connectivity index (χ1n) is 9.04. The minimum Gasteiger partial charge on any atom is -0.481 e. The van der Waals surface area contributed by atoms with E-state index in [2.05, 4.69) is 10.6 Å². The van der Waals surface area contributed by atoms with Crippen molar-refractivity contribution in [1.29, 1.82) is 0 Å². The predicted octanol–water partition coefficient (Wildman–Crippen LogP) is 4.24. The van der Waals surface area contributed by atoms with Crippen LogP contribution in [-0.4, -0.2) is 23.5 Å². The van der Waals surface area contributed by atoms with E-state index in [1.165, 1.54) is 0 Å². The molecule has 144 valence electrons. The number of rotatable bonds is 5. The molecule has 0 spiro atoms. The fourth-order valence-electron chi connectivity index (χ4n) is 2.53. The molecule has 0 aliphatic heterocycles. The summed E-state index contributed by atoms with van der Waals surface area (Å²) in [6, 6.07) is 12.7. The van der Waals surface area contributed by atoms with Gasteiger partial charge in [0.1, 0.15) is 5.75 Å². The number of hydrogen-bond donors (Lipinski definition) is 2. The number of aryl methyl sites for hydroxylation is 1. The van der Waals surface area contributed by atoms with Gasteiger partial charge in [0.05, 0.1) is 11.3 Å². The van der Waals surface area contributed by atoms with Crippen molar-refractivity contribution in [3.63, 3.8) is 0 Å². The molecule has 27 heavy (non-hydrogen) atoms. The van der Waals surface area contributed by atoms with Gasteiger partial charge in [0.25, 0.3) is 11.8 Å². The summed E-state index contributed by atoms with van der Waals surface area (Å²) < 4.78 is 5.83. The summed E-state index contributed by atoms with van der Waals surface area (Å²) in [5.41, 5.74) is 2.61. The van der Waals surface area contributed by atoms with Gasteiger partial charge < -0.3 is 15.4 Å². The minimum atomic E-state index is -0.704. The predicted molar refractivity (Wildman–Crippen MR) is 108 cm³/mol. The zero-order chi connectivity index (χ0) is 20.2. The van der Waals surface area contributed by atoms with E-state index in [0.29, 0.717) is 17.0 Å². The molecule has 0 saturated heterocycles. The lowest BCUT2D eigenvalue weighted by Gasteiger charge is -2.22. The highest BCUT2D eigenvalue weighted by molar-refractivity contribution is 6.04. The molecule has 0 aromatic heterocycles. The van der Waals surface area contributed by atoms with E-state index < -0.39 is 6.10 Å². The van der Waals surface area contributed by atoms with Crippen LogP contribution in [0.5, 0.6) is 5.75 Å². The van der Waals surface area contributed by atoms with Gasteiger partial charge in [-0.3, -0.25) is 9.59 Å². The summed E-state index contributed by atoms with van der Waals surface area (Å²) >= 11 is 0. The Balaban J connectivity index is 2.13. The summed E-state index contributed by atoms with van der Waals surface area (Å²) in [7, 11) is 0. The molecule has 0 bridgehead atoms. The van der Waals surface area contributed by atoms with Gasteiger partial charge in [0.15, 0.2) is 6.10 Å². The van der Waals surface area contributed by atoms with Crippen LogP contribution >= 0.6 is 0 Å². The first-order valence-corrected chi connectivity index (χ1v) is 9.04. The van der Waals surface area contributed by atoms with Crippen LogP contribution in [0.15, 0.2) is 42.5 Å². The van der Waals surface area contributed by atoms with E-state index in [9.17, 15) is 9.59 Å². The number of hydrogen-bond acceptors (Lipinski definition) is 3. The molecule has 2 rings (SSSR count). The van der Waals surface area contributed by atoms with Crippen molar-refractivity contribution < 1.29 is 14.3 Å². The molecule has 2 aromatic rings. The maximum absolute atomic E-state index is 12.6. The Bertz CT molecular complexity index is 838. The van der Waals surface area contributed by atoms with Gasteiger partial charge in [-0.25, -0.2) is 0 Å². The smallest absolute Gasteiger partial charge is 0.265 e. The van der Waals surface area contributed by atoms with Gasteiger partial charge in [-0.2, -0.15) is 0 Å². The molecule has 0 saturated carbocycles. The van der Waals surface area contributed by atoms with Gasteiger partial charge in [-0.1, -0.05) is 24.3 Å². The molecule has 0 aliphatic carbocycles. The van der Waals surface area contributed by atoms with Crippen LogP contribution in [0.25, 0.3) is 0 Å². The molecular weight excluding hydrogens is 340 g/mol. The van der Waals surface area contributed by atoms with Crippen molar-refractivity contribution in [2.75, 3.05) is 5.32 Å². The van der Waals surface area contributed by atoms with E-state index in [4.69, 9.17) is 4.74 Å². The second kappa shape index (κ2) is 8.25. The number of carbonyl (C=O) groups is 2. The SMILES string of the molecule is Cc1cccc(OC(C)C(=O)Nc2ccccc2C(=O)NC(C)(C)C)c1C. The monoisotopic (exact) mass is 368 g/mol. The van der Waals surface area contributed by atoms with Crippen LogP contribution in [0.1, 0.15) is 49.2 Å². The highest BCUT2D eigenvalue weighted by Crippen LogP contribution is 2.22. The number of benzene rings is 2. The van der Waals surface area contributed by atoms with Crippen LogP contribution in [0.4, 0.5) is 5.69 Å². The lowest BCUT2D eigenvalue weighted by molar-refractivity contribution is -0.122. The third-order valence-corrected chi connectivity index (χ3v) is 4.15. The van der Waals surface area contributed by atoms with E-state index in [1.54, 1.807) is 31.2 Å². The summed E-state index contributed by atoms with van der Waals surface area (Å²) in [4.78, 5) is 25.1. The fourth-order valence-corrected chi connectivity index (χ4v) is 2.53. The number of nitrogens with one attached hydrogen (secondary N) is 2. The molecule has 0 radical (unpaired) electrons. The van der Waals surface area contributed by atoms with Crippen molar-refractivity contribution in [2.45, 2.75) is 53.2 Å². The molecule has 2 N–H and O–H groups in total. The van der Waals surface area contributed by atoms with Crippen molar-refractivity contribution >= 4 is 17.5 Å². The second-order valence-electron chi connectivity index (χ2n) is 7.70. The van der Waals surface area contributed by atoms with Crippen molar-refractivity contribution in [1.82, 2.24) is 5.32 Å². The molecule has 2 aromatic carbocycles. The Hall–Kier alpha value is -2.82. The average molecular weight is 368 g/mol. The maximum Gasteiger partial charge on any atom is 0.265 e. The van der Waals surface area contributed by atoms with Gasteiger partial charge in [0.2, 0.25) is 0 Å². The third-order valence-electron chi connectivity index (χ3n) is 4.15. The van der Waals surface area contributed by atoms with Gasteiger partial charge in [0, 0.05) is 5.54 Å². The van der Waals surface area contributed by atoms with Crippen LogP contribution in [0, 0.1) is 13.8 Å². The topological polar surface area (TPSA) is 67.4 Å². The zero-order valence-corrected chi connectivity index (χ0v) is 16.8. The Morgan fingerprint density at radius 1 is 1.00 bits per heavy atom. The molecule has 0 heterocycles. The standard InChI is InChI=1S/C22H28N2O3/c1-14-10-9-13-19(15(14)2)27-16(3)20(25)23-18-12-8-7-11-17(18)21(26)24-22(4,5)6/h7-13,16H,1-6H3,(H,23,25)(H,24,26). The highest BCUT2D eigenvalue weighted by atomic mass is 16.5. The van der Waals surface area contributed by atoms with Crippen LogP contribution < -0.4 is 15.4 Å². The lowest BCUT2D eigenvalue weighted by atomic mass is 10.1. The maximum atomic E-state index is 12.6. The molecule has 1 unspecified atom stereocenters. The lowest BCUT2D eigenvalue weighted by Crippen LogP contribution is -2.41. The average Bonchev–Trinajstić information content (AvgIpc) is 2.57. The second-order valence-corrected chi connectivity index (χ2v) is 7.70. The Labute approximate surface area is 161 Å². The molecule has 1 atom stereocenters. The number of para-hydroxylation sites is 1. The summed E-state index contributed by atoms with van der Waals surface area (Å²) in [5, 5.41) is 5.72. The fraction of sp³-hybridized carbons (Fsp3) is 0.364. The Morgan fingerprint density at radius 3 is 2.33 bits per heavy atom. The third kappa shape index (κ3) is 5.58. The van der Waals surface area contributed by atoms with Gasteiger partial charge in [-0.05, 0) is 70.9 Å². The summed E-state index contributed by atoms with van der Waals surface area (Å²) in [5.74, 6) is 0.129. The number of amides is 2. The largest absolute Gasteiger partial charge is 0.481 e. The van der Waals surface area contributed by atoms with Crippen LogP contribution in [-0.2, 0) is 4.79 Å². The normalized spacial score (nSPS) is 12.2. The first kappa shape index (κ1) is 20.5. The van der Waals surface area contributed by atoms with Gasteiger partial charge in [-0.15, -0.1) is 0 Å². The highest BCUT2D eigenvalue weighted by Gasteiger charge is 2.21. The van der Waals surface area contributed by atoms with E-state index >= 15 is 0 Å². The van der Waals surface area contributed by atoms with E-state index in [0.717, 1.165) is 11.1 Å². The van der Waals surface area contributed by atoms with Crippen LogP contribution in [0.2, 0.25) is 0 Å². The Kier molecular flexibility index (Phi) is 6.26. The molecule has 5 nitrogen and oxygen atoms in total. The minimum absolute atomic E-state index is 0.235. The van der Waals surface area contributed by atoms with Crippen molar-refractivity contribution in [2.24, 2.45) is 0 Å². The Morgan fingerprint density at radius 2 is 1.67 bits per heavy atom. The van der Waals surface area contributed by atoms with Crippen LogP contribution in [0.3, 0.4) is 0 Å². The molecular formula is C22H28N2O3. The quantitative estimate of drug-likeness (QED) is 0.829. The number of carbonyl (C=O) groups excluding carboxylic acids is 2. The molecule has 0 aliphatic rings. The van der Waals surface area contributed by atoms with Crippen molar-refractivity contribution in [3.05, 3.63) is 59.2 Å².